The van der Waals surface area contributed by atoms with Crippen LogP contribution in [0.1, 0.15) is 12.6 Å². The summed E-state index contributed by atoms with van der Waals surface area (Å²) in [7, 11) is 0. The first-order valence-electron chi connectivity index (χ1n) is 2.88. The molecule has 2 nitrogen and oxygen atoms in total. The van der Waals surface area contributed by atoms with Crippen molar-refractivity contribution in [1.29, 1.82) is 0 Å². The Bertz CT molecular complexity index is 185. The van der Waals surface area contributed by atoms with E-state index in [-0.39, 0.29) is 0 Å². The summed E-state index contributed by atoms with van der Waals surface area (Å²) in [6.07, 6.45) is 0. The highest BCUT2D eigenvalue weighted by Crippen LogP contribution is 2.16. The van der Waals surface area contributed by atoms with Crippen LogP contribution < -0.4 is 4.74 Å². The summed E-state index contributed by atoms with van der Waals surface area (Å²) in [6.45, 7) is 4.61. The van der Waals surface area contributed by atoms with Gasteiger partial charge in [0.25, 0.3) is 5.19 Å². The molecular weight excluding hydrogens is 134 g/mol. The fourth-order valence-corrected chi connectivity index (χ4v) is 1.23. The zero-order chi connectivity index (χ0) is 6.69. The number of hydrogen-bond donors (Lipinski definition) is 0. The Kier molecular flexibility index (Phi) is 2.05. The lowest BCUT2D eigenvalue weighted by Gasteiger charge is -1.92. The van der Waals surface area contributed by atoms with Crippen LogP contribution in [-0.2, 0) is 0 Å². The minimum Gasteiger partial charge on any atom is -0.470 e. The van der Waals surface area contributed by atoms with Gasteiger partial charge < -0.3 is 4.74 Å². The van der Waals surface area contributed by atoms with E-state index in [1.54, 1.807) is 11.3 Å². The number of nitrogens with zero attached hydrogens (tertiary/aromatic N) is 1. The first kappa shape index (κ1) is 6.55. The second kappa shape index (κ2) is 2.82. The molecule has 0 saturated heterocycles. The Labute approximate surface area is 58.5 Å². The van der Waals surface area contributed by atoms with Crippen LogP contribution >= 0.6 is 11.3 Å². The Morgan fingerprint density at radius 3 is 3.00 bits per heavy atom. The fourth-order valence-electron chi connectivity index (χ4n) is 0.522. The lowest BCUT2D eigenvalue weighted by molar-refractivity contribution is 0.338. The van der Waals surface area contributed by atoms with Crippen LogP contribution in [0.2, 0.25) is 0 Å². The molecule has 0 fully saturated rings. The molecule has 0 aliphatic heterocycles. The Morgan fingerprint density at radius 2 is 2.56 bits per heavy atom. The largest absolute Gasteiger partial charge is 0.470 e. The van der Waals surface area contributed by atoms with Crippen molar-refractivity contribution in [2.75, 3.05) is 6.61 Å². The zero-order valence-electron chi connectivity index (χ0n) is 5.55. The van der Waals surface area contributed by atoms with Crippen LogP contribution in [0, 0.1) is 6.92 Å². The molecule has 0 atom stereocenters. The standard InChI is InChI=1S/C6H9NOS/c1-3-8-6-7-5(2)4-9-6/h4H,3H2,1-2H3. The molecule has 0 aliphatic carbocycles. The Morgan fingerprint density at radius 1 is 1.78 bits per heavy atom. The maximum atomic E-state index is 5.13. The monoisotopic (exact) mass is 143 g/mol. The van der Waals surface area contributed by atoms with Crippen LogP contribution in [0.15, 0.2) is 5.38 Å². The molecule has 50 valence electrons. The predicted molar refractivity (Wildman–Crippen MR) is 38.0 cm³/mol. The molecule has 1 aromatic heterocycles. The van der Waals surface area contributed by atoms with Gasteiger partial charge in [-0.25, -0.2) is 4.98 Å². The molecule has 0 bridgehead atoms. The van der Waals surface area contributed by atoms with E-state index >= 15 is 0 Å². The summed E-state index contributed by atoms with van der Waals surface area (Å²) in [5, 5.41) is 2.75. The second-order valence-electron chi connectivity index (χ2n) is 1.69. The summed E-state index contributed by atoms with van der Waals surface area (Å²) in [4.78, 5) is 4.10. The molecule has 1 heterocycles. The van der Waals surface area contributed by atoms with Gasteiger partial charge in [0.05, 0.1) is 12.3 Å². The minimum absolute atomic E-state index is 0.701. The van der Waals surface area contributed by atoms with Crippen molar-refractivity contribution in [3.63, 3.8) is 0 Å². The quantitative estimate of drug-likeness (QED) is 0.630. The van der Waals surface area contributed by atoms with Gasteiger partial charge in [0.2, 0.25) is 0 Å². The number of ether oxygens (including phenoxy) is 1. The van der Waals surface area contributed by atoms with Gasteiger partial charge in [0, 0.05) is 5.38 Å². The van der Waals surface area contributed by atoms with Crippen LogP contribution in [0.25, 0.3) is 0 Å². The maximum Gasteiger partial charge on any atom is 0.273 e. The van der Waals surface area contributed by atoms with Crippen LogP contribution in [-0.4, -0.2) is 11.6 Å². The molecule has 1 aromatic rings. The van der Waals surface area contributed by atoms with Crippen molar-refractivity contribution >= 4 is 11.3 Å². The summed E-state index contributed by atoms with van der Waals surface area (Å²) >= 11 is 1.54. The van der Waals surface area contributed by atoms with E-state index in [0.717, 1.165) is 10.9 Å². The van der Waals surface area contributed by atoms with E-state index in [2.05, 4.69) is 4.98 Å². The average Bonchev–Trinajstić information content (AvgIpc) is 2.17. The van der Waals surface area contributed by atoms with E-state index < -0.39 is 0 Å². The maximum absolute atomic E-state index is 5.13. The molecule has 9 heavy (non-hydrogen) atoms. The topological polar surface area (TPSA) is 22.1 Å². The first-order chi connectivity index (χ1) is 4.33. The van der Waals surface area contributed by atoms with Gasteiger partial charge in [0.15, 0.2) is 0 Å². The lowest BCUT2D eigenvalue weighted by atomic mass is 10.6. The van der Waals surface area contributed by atoms with Gasteiger partial charge in [-0.05, 0) is 13.8 Å². The van der Waals surface area contributed by atoms with Gasteiger partial charge in [-0.1, -0.05) is 11.3 Å². The van der Waals surface area contributed by atoms with E-state index in [1.165, 1.54) is 0 Å². The van der Waals surface area contributed by atoms with Crippen LogP contribution in [0.3, 0.4) is 0 Å². The van der Waals surface area contributed by atoms with Crippen LogP contribution in [0.4, 0.5) is 0 Å². The number of thiazole rings is 1. The number of aromatic nitrogens is 1. The molecule has 0 spiro atoms. The SMILES string of the molecule is CCOc1nc(C)cs1. The smallest absolute Gasteiger partial charge is 0.273 e. The van der Waals surface area contributed by atoms with Crippen molar-refractivity contribution in [3.8, 4) is 5.19 Å². The molecule has 0 radical (unpaired) electrons. The first-order valence-corrected chi connectivity index (χ1v) is 3.76. The van der Waals surface area contributed by atoms with Crippen molar-refractivity contribution in [2.45, 2.75) is 13.8 Å². The molecule has 1 rings (SSSR count). The zero-order valence-corrected chi connectivity index (χ0v) is 6.36. The van der Waals surface area contributed by atoms with E-state index in [0.29, 0.717) is 6.61 Å². The second-order valence-corrected chi connectivity index (χ2v) is 2.51. The van der Waals surface area contributed by atoms with Crippen molar-refractivity contribution in [1.82, 2.24) is 4.98 Å². The lowest BCUT2D eigenvalue weighted by Crippen LogP contribution is -1.89. The van der Waals surface area contributed by atoms with Gasteiger partial charge in [-0.3, -0.25) is 0 Å². The third-order valence-corrected chi connectivity index (χ3v) is 1.74. The third-order valence-electron chi connectivity index (χ3n) is 0.866. The minimum atomic E-state index is 0.701. The number of aryl methyl sites for hydroxylation is 1. The third kappa shape index (κ3) is 1.68. The molecule has 0 unspecified atom stereocenters. The van der Waals surface area contributed by atoms with Crippen molar-refractivity contribution in [3.05, 3.63) is 11.1 Å². The molecule has 0 N–H and O–H groups in total. The van der Waals surface area contributed by atoms with Gasteiger partial charge in [-0.15, -0.1) is 0 Å². The number of hydrogen-bond acceptors (Lipinski definition) is 3. The Balaban J connectivity index is 2.61. The van der Waals surface area contributed by atoms with Gasteiger partial charge in [-0.2, -0.15) is 0 Å². The number of rotatable bonds is 2. The van der Waals surface area contributed by atoms with Crippen LogP contribution in [0.5, 0.6) is 5.19 Å². The average molecular weight is 143 g/mol. The highest BCUT2D eigenvalue weighted by atomic mass is 32.1. The summed E-state index contributed by atoms with van der Waals surface area (Å²) in [5.41, 5.74) is 1.03. The fraction of sp³-hybridized carbons (Fsp3) is 0.500. The molecule has 0 aliphatic rings. The van der Waals surface area contributed by atoms with E-state index in [1.807, 2.05) is 19.2 Å². The molecular formula is C6H9NOS. The van der Waals surface area contributed by atoms with Crippen molar-refractivity contribution < 1.29 is 4.74 Å². The summed E-state index contributed by atoms with van der Waals surface area (Å²) < 4.78 is 5.13. The normalized spacial score (nSPS) is 9.56. The highest BCUT2D eigenvalue weighted by molar-refractivity contribution is 7.11. The predicted octanol–water partition coefficient (Wildman–Crippen LogP) is 1.85. The molecule has 0 amide bonds. The molecule has 0 saturated carbocycles. The van der Waals surface area contributed by atoms with Gasteiger partial charge in [0.1, 0.15) is 0 Å². The van der Waals surface area contributed by atoms with E-state index in [4.69, 9.17) is 4.74 Å². The molecule has 0 aromatic carbocycles. The Hall–Kier alpha value is -0.570. The summed E-state index contributed by atoms with van der Waals surface area (Å²) in [6, 6.07) is 0. The highest BCUT2D eigenvalue weighted by Gasteiger charge is 1.94. The van der Waals surface area contributed by atoms with Crippen molar-refractivity contribution in [2.24, 2.45) is 0 Å². The molecule has 3 heteroatoms. The van der Waals surface area contributed by atoms with E-state index in [9.17, 15) is 0 Å². The van der Waals surface area contributed by atoms with Gasteiger partial charge >= 0.3 is 0 Å². The summed E-state index contributed by atoms with van der Waals surface area (Å²) in [5.74, 6) is 0.